The van der Waals surface area contributed by atoms with Crippen molar-refractivity contribution < 1.29 is 23.6 Å². The molecule has 0 aliphatic carbocycles. The van der Waals surface area contributed by atoms with E-state index < -0.39 is 0 Å². The number of ether oxygens (including phenoxy) is 2. The third-order valence-corrected chi connectivity index (χ3v) is 4.27. The van der Waals surface area contributed by atoms with Crippen molar-refractivity contribution >= 4 is 34.1 Å². The van der Waals surface area contributed by atoms with Crippen LogP contribution in [0.4, 0.5) is 10.9 Å². The Morgan fingerprint density at radius 2 is 1.96 bits per heavy atom. The average molecular weight is 388 g/mol. The highest BCUT2D eigenvalue weighted by molar-refractivity contribution is 7.14. The van der Waals surface area contributed by atoms with Gasteiger partial charge in [0.15, 0.2) is 22.4 Å². The summed E-state index contributed by atoms with van der Waals surface area (Å²) in [6.45, 7) is 0. The Morgan fingerprint density at radius 1 is 1.15 bits per heavy atom. The zero-order valence-electron chi connectivity index (χ0n) is 14.5. The van der Waals surface area contributed by atoms with E-state index in [-0.39, 0.29) is 18.2 Å². The van der Waals surface area contributed by atoms with Crippen LogP contribution in [0.15, 0.2) is 40.4 Å². The van der Waals surface area contributed by atoms with E-state index in [0.29, 0.717) is 33.7 Å². The fourth-order valence-corrected chi connectivity index (χ4v) is 2.93. The molecule has 10 heteroatoms. The van der Waals surface area contributed by atoms with Crippen molar-refractivity contribution in [2.75, 3.05) is 24.9 Å². The van der Waals surface area contributed by atoms with Crippen LogP contribution in [-0.4, -0.2) is 36.2 Å². The van der Waals surface area contributed by atoms with Crippen LogP contribution < -0.4 is 20.1 Å². The van der Waals surface area contributed by atoms with Crippen molar-refractivity contribution in [3.05, 3.63) is 47.2 Å². The van der Waals surface area contributed by atoms with E-state index in [0.717, 1.165) is 0 Å². The minimum absolute atomic E-state index is 0.0512. The van der Waals surface area contributed by atoms with Crippen LogP contribution in [0, 0.1) is 0 Å². The molecule has 0 saturated heterocycles. The highest BCUT2D eigenvalue weighted by atomic mass is 32.1. The third-order valence-electron chi connectivity index (χ3n) is 3.46. The molecule has 0 radical (unpaired) electrons. The van der Waals surface area contributed by atoms with Gasteiger partial charge in [-0.25, -0.2) is 4.98 Å². The first kappa shape index (κ1) is 18.4. The van der Waals surface area contributed by atoms with Gasteiger partial charge in [-0.3, -0.25) is 14.9 Å². The van der Waals surface area contributed by atoms with Gasteiger partial charge in [-0.15, -0.1) is 11.3 Å². The molecule has 140 valence electrons. The van der Waals surface area contributed by atoms with Crippen LogP contribution in [0.5, 0.6) is 11.5 Å². The molecule has 2 heterocycles. The average Bonchev–Trinajstić information content (AvgIpc) is 3.33. The lowest BCUT2D eigenvalue weighted by molar-refractivity contribution is -0.115. The molecule has 0 spiro atoms. The number of aromatic nitrogens is 2. The largest absolute Gasteiger partial charge is 0.493 e. The second-order valence-electron chi connectivity index (χ2n) is 5.28. The summed E-state index contributed by atoms with van der Waals surface area (Å²) < 4.78 is 15.0. The van der Waals surface area contributed by atoms with Crippen LogP contribution >= 0.6 is 11.3 Å². The van der Waals surface area contributed by atoms with E-state index in [9.17, 15) is 9.59 Å². The van der Waals surface area contributed by atoms with E-state index in [4.69, 9.17) is 9.47 Å². The van der Waals surface area contributed by atoms with Gasteiger partial charge in [-0.05, 0) is 18.2 Å². The summed E-state index contributed by atoms with van der Waals surface area (Å²) in [7, 11) is 3.02. The van der Waals surface area contributed by atoms with E-state index in [1.54, 1.807) is 23.6 Å². The van der Waals surface area contributed by atoms with E-state index >= 15 is 0 Å². The van der Waals surface area contributed by atoms with Gasteiger partial charge in [-0.2, -0.15) is 0 Å². The first-order valence-electron chi connectivity index (χ1n) is 7.77. The molecule has 2 amide bonds. The Labute approximate surface area is 158 Å². The smallest absolute Gasteiger partial charge is 0.257 e. The Kier molecular flexibility index (Phi) is 5.67. The summed E-state index contributed by atoms with van der Waals surface area (Å²) in [5.41, 5.74) is 0.928. The third kappa shape index (κ3) is 4.61. The molecule has 0 aliphatic rings. The number of carbonyl (C=O) groups is 2. The van der Waals surface area contributed by atoms with Gasteiger partial charge in [0, 0.05) is 17.0 Å². The topological polar surface area (TPSA) is 116 Å². The first-order valence-corrected chi connectivity index (χ1v) is 8.65. The van der Waals surface area contributed by atoms with Gasteiger partial charge >= 0.3 is 0 Å². The van der Waals surface area contributed by atoms with E-state index in [1.165, 1.54) is 37.9 Å². The quantitative estimate of drug-likeness (QED) is 0.639. The first-order chi connectivity index (χ1) is 13.1. The van der Waals surface area contributed by atoms with Crippen LogP contribution in [0.25, 0.3) is 0 Å². The van der Waals surface area contributed by atoms with Crippen molar-refractivity contribution in [1.29, 1.82) is 0 Å². The molecule has 0 atom stereocenters. The van der Waals surface area contributed by atoms with Gasteiger partial charge in [-0.1, -0.05) is 5.16 Å². The number of hydrogen-bond donors (Lipinski definition) is 2. The Bertz CT molecular complexity index is 939. The molecule has 9 nitrogen and oxygen atoms in total. The summed E-state index contributed by atoms with van der Waals surface area (Å²) in [5, 5.41) is 11.0. The molecular formula is C17H16N4O5S. The lowest BCUT2D eigenvalue weighted by Crippen LogP contribution is -2.15. The highest BCUT2D eigenvalue weighted by Gasteiger charge is 2.14. The number of hydrogen-bond acceptors (Lipinski definition) is 8. The van der Waals surface area contributed by atoms with Crippen LogP contribution in [-0.2, 0) is 11.2 Å². The van der Waals surface area contributed by atoms with E-state index in [1.807, 2.05) is 0 Å². The van der Waals surface area contributed by atoms with Crippen molar-refractivity contribution in [3.63, 3.8) is 0 Å². The summed E-state index contributed by atoms with van der Waals surface area (Å²) >= 11 is 1.23. The lowest BCUT2D eigenvalue weighted by Gasteiger charge is -2.09. The maximum Gasteiger partial charge on any atom is 0.257 e. The summed E-state index contributed by atoms with van der Waals surface area (Å²) in [6.07, 6.45) is 1.41. The van der Waals surface area contributed by atoms with Crippen LogP contribution in [0.3, 0.4) is 0 Å². The predicted octanol–water partition coefficient (Wildman–Crippen LogP) is 2.58. The van der Waals surface area contributed by atoms with Crippen LogP contribution in [0.2, 0.25) is 0 Å². The summed E-state index contributed by atoms with van der Waals surface area (Å²) in [5.74, 6) is 0.686. The number of anilines is 2. The number of thiazole rings is 1. The second-order valence-corrected chi connectivity index (χ2v) is 6.14. The zero-order chi connectivity index (χ0) is 19.2. The molecule has 0 unspecified atom stereocenters. The lowest BCUT2D eigenvalue weighted by atomic mass is 10.2. The van der Waals surface area contributed by atoms with Crippen molar-refractivity contribution in [2.45, 2.75) is 6.42 Å². The SMILES string of the molecule is COc1ccc(C(=O)Nc2nc(CC(=O)Nc3ccon3)cs2)cc1OC. The maximum absolute atomic E-state index is 12.4. The molecule has 3 aromatic rings. The number of nitrogens with one attached hydrogen (secondary N) is 2. The summed E-state index contributed by atoms with van der Waals surface area (Å²) in [6, 6.07) is 6.38. The molecular weight excluding hydrogens is 372 g/mol. The maximum atomic E-state index is 12.4. The number of benzene rings is 1. The molecule has 1 aromatic carbocycles. The predicted molar refractivity (Wildman–Crippen MR) is 98.4 cm³/mol. The minimum Gasteiger partial charge on any atom is -0.493 e. The molecule has 2 N–H and O–H groups in total. The molecule has 0 aliphatic heterocycles. The Morgan fingerprint density at radius 3 is 2.67 bits per heavy atom. The number of amides is 2. The molecule has 3 rings (SSSR count). The van der Waals surface area contributed by atoms with Gasteiger partial charge in [0.1, 0.15) is 6.26 Å². The Balaban J connectivity index is 1.61. The Hall–Kier alpha value is -3.40. The number of nitrogens with zero attached hydrogens (tertiary/aromatic N) is 2. The molecule has 0 bridgehead atoms. The van der Waals surface area contributed by atoms with Crippen molar-refractivity contribution in [3.8, 4) is 11.5 Å². The van der Waals surface area contributed by atoms with Crippen LogP contribution in [0.1, 0.15) is 16.1 Å². The van der Waals surface area contributed by atoms with Gasteiger partial charge in [0.25, 0.3) is 5.91 Å². The highest BCUT2D eigenvalue weighted by Crippen LogP contribution is 2.28. The number of carbonyl (C=O) groups excluding carboxylic acids is 2. The number of methoxy groups -OCH3 is 2. The standard InChI is InChI=1S/C17H16N4O5S/c1-24-12-4-3-10(7-13(12)25-2)16(23)20-17-18-11(9-27-17)8-15(22)19-14-5-6-26-21-14/h3-7,9H,8H2,1-2H3,(H,18,20,23)(H,19,21,22). The van der Waals surface area contributed by atoms with Crippen molar-refractivity contribution in [1.82, 2.24) is 10.1 Å². The molecule has 2 aromatic heterocycles. The molecule has 0 saturated carbocycles. The molecule has 0 fully saturated rings. The number of rotatable bonds is 7. The van der Waals surface area contributed by atoms with Gasteiger partial charge < -0.3 is 19.3 Å². The minimum atomic E-state index is -0.344. The normalized spacial score (nSPS) is 10.3. The van der Waals surface area contributed by atoms with Crippen molar-refractivity contribution in [2.24, 2.45) is 0 Å². The van der Waals surface area contributed by atoms with Gasteiger partial charge in [0.2, 0.25) is 5.91 Å². The zero-order valence-corrected chi connectivity index (χ0v) is 15.3. The van der Waals surface area contributed by atoms with Gasteiger partial charge in [0.05, 0.1) is 26.3 Å². The fraction of sp³-hybridized carbons (Fsp3) is 0.176. The summed E-state index contributed by atoms with van der Waals surface area (Å²) in [4.78, 5) is 28.6. The second kappa shape index (κ2) is 8.32. The van der Waals surface area contributed by atoms with E-state index in [2.05, 4.69) is 25.3 Å². The molecule has 27 heavy (non-hydrogen) atoms. The monoisotopic (exact) mass is 388 g/mol. The fourth-order valence-electron chi connectivity index (χ4n) is 2.22.